The average Bonchev–Trinajstić information content (AvgIpc) is 3.08. The number of esters is 2. The van der Waals surface area contributed by atoms with Crippen LogP contribution in [0.1, 0.15) is 194 Å². The number of allylic oxidation sites excluding steroid dienone is 4. The zero-order valence-corrected chi connectivity index (χ0v) is 31.4. The van der Waals surface area contributed by atoms with Gasteiger partial charge >= 0.3 is 11.9 Å². The van der Waals surface area contributed by atoms with Crippen molar-refractivity contribution in [1.82, 2.24) is 0 Å². The summed E-state index contributed by atoms with van der Waals surface area (Å²) in [6.45, 7) is 3.92. The Kier molecular flexibility index (Phi) is 36.4. The van der Waals surface area contributed by atoms with Crippen LogP contribution in [-0.2, 0) is 19.1 Å². The van der Waals surface area contributed by atoms with Crippen LogP contribution in [0.4, 0.5) is 0 Å². The summed E-state index contributed by atoms with van der Waals surface area (Å²) in [7, 11) is 0. The van der Waals surface area contributed by atoms with Crippen LogP contribution in [-0.4, -0.2) is 47.6 Å². The van der Waals surface area contributed by atoms with Crippen molar-refractivity contribution in [2.24, 2.45) is 0 Å². The topological polar surface area (TPSA) is 93.1 Å². The van der Waals surface area contributed by atoms with Gasteiger partial charge < -0.3 is 19.7 Å². The van der Waals surface area contributed by atoms with Crippen LogP contribution in [0.25, 0.3) is 0 Å². The van der Waals surface area contributed by atoms with Gasteiger partial charge in [-0.2, -0.15) is 0 Å². The number of ether oxygens (including phenoxy) is 2. The molecule has 0 aromatic rings. The lowest BCUT2D eigenvalue weighted by Gasteiger charge is -2.15. The number of hydrogen-bond donors (Lipinski definition) is 2. The first-order chi connectivity index (χ1) is 23.5. The lowest BCUT2D eigenvalue weighted by Crippen LogP contribution is -2.28. The lowest BCUT2D eigenvalue weighted by atomic mass is 10.0. The molecule has 0 aromatic heterocycles. The fraction of sp³-hybridized carbons (Fsp3) is 0.810. The van der Waals surface area contributed by atoms with Gasteiger partial charge in [-0.15, -0.1) is 0 Å². The van der Waals surface area contributed by atoms with Crippen molar-refractivity contribution in [3.63, 3.8) is 0 Å². The minimum atomic E-state index is -0.791. The summed E-state index contributed by atoms with van der Waals surface area (Å²) in [5.41, 5.74) is 0. The molecule has 0 heterocycles. The Morgan fingerprint density at radius 2 is 1.06 bits per heavy atom. The van der Waals surface area contributed by atoms with Gasteiger partial charge in [0.2, 0.25) is 0 Å². The van der Waals surface area contributed by atoms with Gasteiger partial charge in [0, 0.05) is 12.8 Å². The van der Waals surface area contributed by atoms with Crippen LogP contribution in [0, 0.1) is 0 Å². The van der Waals surface area contributed by atoms with Crippen molar-refractivity contribution in [2.45, 2.75) is 206 Å². The summed E-state index contributed by atoms with van der Waals surface area (Å²) in [5, 5.41) is 19.4. The van der Waals surface area contributed by atoms with Gasteiger partial charge in [0.25, 0.3) is 0 Å². The normalized spacial score (nSPS) is 13.2. The maximum atomic E-state index is 12.2. The van der Waals surface area contributed by atoms with Crippen molar-refractivity contribution in [1.29, 1.82) is 0 Å². The van der Waals surface area contributed by atoms with Gasteiger partial charge in [-0.25, -0.2) is 0 Å². The molecule has 6 nitrogen and oxygen atoms in total. The molecule has 0 radical (unpaired) electrons. The van der Waals surface area contributed by atoms with E-state index in [2.05, 4.69) is 26.0 Å². The summed E-state index contributed by atoms with van der Waals surface area (Å²) < 4.78 is 10.6. The third-order valence-corrected chi connectivity index (χ3v) is 8.78. The fourth-order valence-electron chi connectivity index (χ4n) is 5.71. The number of carbonyl (C=O) groups is 2. The van der Waals surface area contributed by atoms with E-state index in [9.17, 15) is 19.8 Å². The van der Waals surface area contributed by atoms with E-state index in [1.807, 2.05) is 24.3 Å². The molecule has 0 aromatic carbocycles. The smallest absolute Gasteiger partial charge is 0.306 e. The molecule has 280 valence electrons. The second-order valence-electron chi connectivity index (χ2n) is 13.5. The van der Waals surface area contributed by atoms with Gasteiger partial charge in [0.1, 0.15) is 6.61 Å². The van der Waals surface area contributed by atoms with Crippen LogP contribution in [0.5, 0.6) is 0 Å². The second-order valence-corrected chi connectivity index (χ2v) is 13.5. The van der Waals surface area contributed by atoms with Crippen LogP contribution >= 0.6 is 0 Å². The molecular formula is C42H76O6. The molecule has 6 heteroatoms. The van der Waals surface area contributed by atoms with E-state index in [1.165, 1.54) is 96.3 Å². The Labute approximate surface area is 296 Å². The highest BCUT2D eigenvalue weighted by Crippen LogP contribution is 2.15. The van der Waals surface area contributed by atoms with E-state index in [4.69, 9.17) is 9.47 Å². The molecule has 1 unspecified atom stereocenters. The molecule has 0 aliphatic rings. The zero-order chi connectivity index (χ0) is 35.2. The molecule has 2 N–H and O–H groups in total. The summed E-state index contributed by atoms with van der Waals surface area (Å²) >= 11 is 0. The number of unbranched alkanes of at least 4 members (excludes halogenated alkanes) is 22. The Morgan fingerprint density at radius 3 is 1.56 bits per heavy atom. The van der Waals surface area contributed by atoms with E-state index in [1.54, 1.807) is 0 Å². The van der Waals surface area contributed by atoms with Crippen molar-refractivity contribution in [3.8, 4) is 0 Å². The molecular weight excluding hydrogens is 600 g/mol. The second kappa shape index (κ2) is 37.9. The predicted molar refractivity (Wildman–Crippen MR) is 202 cm³/mol. The highest BCUT2D eigenvalue weighted by molar-refractivity contribution is 5.70. The monoisotopic (exact) mass is 677 g/mol. The summed E-state index contributed by atoms with van der Waals surface area (Å²) in [4.78, 5) is 24.3. The standard InChI is InChI=1S/C42H76O6/c1-3-5-7-8-9-10-11-12-13-14-15-16-17-18-21-25-28-32-36-42(46)48-40(37-43)38-47-41(45)35-31-27-24-22-19-20-23-26-30-34-39(44)33-29-6-4-2/h6,23,26,29-30,34,39-40,43-44H,3-5,7-22,24-25,27-28,31-33,35-38H2,1-2H3/b26-23+,29-6+,34-30+/t39?,40-/m0/s1. The summed E-state index contributed by atoms with van der Waals surface area (Å²) in [6, 6.07) is 0. The predicted octanol–water partition coefficient (Wildman–Crippen LogP) is 11.4. The first kappa shape index (κ1) is 46.1. The minimum absolute atomic E-state index is 0.0898. The van der Waals surface area contributed by atoms with Gasteiger partial charge in [-0.3, -0.25) is 9.59 Å². The number of aliphatic hydroxyl groups excluding tert-OH is 2. The molecule has 0 saturated heterocycles. The number of rotatable bonds is 36. The van der Waals surface area contributed by atoms with Gasteiger partial charge in [-0.05, 0) is 38.5 Å². The van der Waals surface area contributed by atoms with Crippen molar-refractivity contribution < 1.29 is 29.3 Å². The molecule has 0 saturated carbocycles. The molecule has 0 spiro atoms. The summed E-state index contributed by atoms with van der Waals surface area (Å²) in [6.07, 6.45) is 42.5. The first-order valence-electron chi connectivity index (χ1n) is 20.2. The lowest BCUT2D eigenvalue weighted by molar-refractivity contribution is -0.161. The van der Waals surface area contributed by atoms with E-state index in [-0.39, 0.29) is 25.2 Å². The molecule has 0 aliphatic heterocycles. The van der Waals surface area contributed by atoms with Crippen LogP contribution in [0.15, 0.2) is 36.5 Å². The quantitative estimate of drug-likeness (QED) is 0.0297. The number of aliphatic hydroxyl groups is 2. The Morgan fingerprint density at radius 1 is 0.583 bits per heavy atom. The highest BCUT2D eigenvalue weighted by Gasteiger charge is 2.16. The van der Waals surface area contributed by atoms with Crippen LogP contribution < -0.4 is 0 Å². The average molecular weight is 677 g/mol. The number of carbonyl (C=O) groups excluding carboxylic acids is 2. The molecule has 0 bridgehead atoms. The molecule has 0 fully saturated rings. The molecule has 0 amide bonds. The third-order valence-electron chi connectivity index (χ3n) is 8.78. The van der Waals surface area contributed by atoms with E-state index >= 15 is 0 Å². The minimum Gasteiger partial charge on any atom is -0.462 e. The molecule has 0 rings (SSSR count). The SMILES string of the molecule is CC/C=C/CC(O)/C=C/C=C/CCCCCCCC(=O)OC[C@H](CO)OC(=O)CCCCCCCCCCCCCCCCCCCC. The largest absolute Gasteiger partial charge is 0.462 e. The van der Waals surface area contributed by atoms with Crippen LogP contribution in [0.2, 0.25) is 0 Å². The van der Waals surface area contributed by atoms with Gasteiger partial charge in [0.05, 0.1) is 12.7 Å². The van der Waals surface area contributed by atoms with Gasteiger partial charge in [0.15, 0.2) is 6.10 Å². The number of hydrogen-bond acceptors (Lipinski definition) is 6. The van der Waals surface area contributed by atoms with Crippen molar-refractivity contribution in [3.05, 3.63) is 36.5 Å². The maximum absolute atomic E-state index is 12.2. The van der Waals surface area contributed by atoms with Crippen molar-refractivity contribution >= 4 is 11.9 Å². The molecule has 2 atom stereocenters. The van der Waals surface area contributed by atoms with Crippen LogP contribution in [0.3, 0.4) is 0 Å². The van der Waals surface area contributed by atoms with E-state index in [0.717, 1.165) is 64.2 Å². The molecule has 0 aliphatic carbocycles. The van der Waals surface area contributed by atoms with Crippen molar-refractivity contribution in [2.75, 3.05) is 13.2 Å². The van der Waals surface area contributed by atoms with E-state index < -0.39 is 12.2 Å². The zero-order valence-electron chi connectivity index (χ0n) is 31.4. The first-order valence-corrected chi connectivity index (χ1v) is 20.2. The third kappa shape index (κ3) is 35.4. The maximum Gasteiger partial charge on any atom is 0.306 e. The molecule has 48 heavy (non-hydrogen) atoms. The Balaban J connectivity index is 3.59. The Bertz CT molecular complexity index is 789. The van der Waals surface area contributed by atoms with E-state index in [0.29, 0.717) is 19.3 Å². The highest BCUT2D eigenvalue weighted by atomic mass is 16.6. The fourth-order valence-corrected chi connectivity index (χ4v) is 5.71. The summed E-state index contributed by atoms with van der Waals surface area (Å²) in [5.74, 6) is -0.639. The van der Waals surface area contributed by atoms with Gasteiger partial charge in [-0.1, -0.05) is 179 Å². The Hall–Kier alpha value is -1.92.